The van der Waals surface area contributed by atoms with Crippen molar-refractivity contribution in [3.63, 3.8) is 0 Å². The SMILES string of the molecule is CC(C)C1CSC(Nc2cnc3ccccc3c2)=N1. The first-order valence-corrected chi connectivity index (χ1v) is 7.53. The van der Waals surface area contributed by atoms with Crippen LogP contribution in [0.3, 0.4) is 0 Å². The average Bonchev–Trinajstić information content (AvgIpc) is 2.87. The lowest BCUT2D eigenvalue weighted by Gasteiger charge is -2.08. The maximum absolute atomic E-state index is 4.70. The van der Waals surface area contributed by atoms with Gasteiger partial charge in [-0.3, -0.25) is 9.98 Å². The summed E-state index contributed by atoms with van der Waals surface area (Å²) in [6.07, 6.45) is 1.87. The summed E-state index contributed by atoms with van der Waals surface area (Å²) in [5.41, 5.74) is 2.03. The minimum absolute atomic E-state index is 0.431. The van der Waals surface area contributed by atoms with Crippen molar-refractivity contribution in [1.82, 2.24) is 4.98 Å². The van der Waals surface area contributed by atoms with E-state index >= 15 is 0 Å². The van der Waals surface area contributed by atoms with Crippen LogP contribution in [0.4, 0.5) is 5.69 Å². The molecular formula is C15H17N3S. The Kier molecular flexibility index (Phi) is 3.42. The minimum Gasteiger partial charge on any atom is -0.334 e. The maximum Gasteiger partial charge on any atom is 0.161 e. The first-order valence-electron chi connectivity index (χ1n) is 6.55. The zero-order chi connectivity index (χ0) is 13.2. The normalized spacial score (nSPS) is 18.9. The molecule has 0 aliphatic carbocycles. The standard InChI is InChI=1S/C15H17N3S/c1-10(2)14-9-19-15(18-14)17-12-7-11-5-3-4-6-13(11)16-8-12/h3-8,10,14H,9H2,1-2H3,(H,17,18). The van der Waals surface area contributed by atoms with Gasteiger partial charge in [0.15, 0.2) is 5.17 Å². The first-order chi connectivity index (χ1) is 9.22. The van der Waals surface area contributed by atoms with Crippen LogP contribution in [0.1, 0.15) is 13.8 Å². The van der Waals surface area contributed by atoms with Gasteiger partial charge in [0.25, 0.3) is 0 Å². The Hall–Kier alpha value is -1.55. The number of benzene rings is 1. The second-order valence-corrected chi connectivity index (χ2v) is 6.11. The molecule has 3 nitrogen and oxygen atoms in total. The Morgan fingerprint density at radius 3 is 2.95 bits per heavy atom. The van der Waals surface area contributed by atoms with Gasteiger partial charge in [-0.15, -0.1) is 0 Å². The number of nitrogens with one attached hydrogen (secondary N) is 1. The van der Waals surface area contributed by atoms with Gasteiger partial charge in [-0.05, 0) is 18.1 Å². The predicted octanol–water partition coefficient (Wildman–Crippen LogP) is 3.77. The summed E-state index contributed by atoms with van der Waals surface area (Å²) >= 11 is 1.79. The summed E-state index contributed by atoms with van der Waals surface area (Å²) < 4.78 is 0. The van der Waals surface area contributed by atoms with E-state index in [4.69, 9.17) is 4.99 Å². The molecule has 19 heavy (non-hydrogen) atoms. The van der Waals surface area contributed by atoms with Crippen molar-refractivity contribution in [2.45, 2.75) is 19.9 Å². The lowest BCUT2D eigenvalue weighted by Crippen LogP contribution is -2.12. The van der Waals surface area contributed by atoms with Crippen molar-refractivity contribution < 1.29 is 0 Å². The lowest BCUT2D eigenvalue weighted by atomic mass is 10.1. The summed E-state index contributed by atoms with van der Waals surface area (Å²) in [4.78, 5) is 9.15. The molecule has 0 fully saturated rings. The molecule has 1 atom stereocenters. The number of para-hydroxylation sites is 1. The number of rotatable bonds is 2. The number of aliphatic imine (C=N–C) groups is 1. The van der Waals surface area contributed by atoms with Crippen LogP contribution in [0.15, 0.2) is 41.5 Å². The Morgan fingerprint density at radius 2 is 2.16 bits per heavy atom. The fourth-order valence-electron chi connectivity index (χ4n) is 2.06. The molecule has 0 spiro atoms. The average molecular weight is 271 g/mol. The molecule has 1 aromatic carbocycles. The number of aromatic nitrogens is 1. The van der Waals surface area contributed by atoms with Gasteiger partial charge in [-0.2, -0.15) is 0 Å². The number of amidine groups is 1. The van der Waals surface area contributed by atoms with E-state index in [9.17, 15) is 0 Å². The molecule has 0 radical (unpaired) electrons. The molecule has 1 unspecified atom stereocenters. The highest BCUT2D eigenvalue weighted by Gasteiger charge is 2.21. The number of fused-ring (bicyclic) bond motifs is 1. The van der Waals surface area contributed by atoms with Gasteiger partial charge in [0.05, 0.1) is 23.4 Å². The van der Waals surface area contributed by atoms with Crippen LogP contribution in [-0.2, 0) is 0 Å². The Morgan fingerprint density at radius 1 is 1.32 bits per heavy atom. The minimum atomic E-state index is 0.431. The van der Waals surface area contributed by atoms with Crippen molar-refractivity contribution >= 4 is 33.5 Å². The molecule has 0 bridgehead atoms. The highest BCUT2D eigenvalue weighted by molar-refractivity contribution is 8.14. The largest absolute Gasteiger partial charge is 0.334 e. The molecule has 4 heteroatoms. The van der Waals surface area contributed by atoms with E-state index in [1.165, 1.54) is 0 Å². The van der Waals surface area contributed by atoms with Gasteiger partial charge >= 0.3 is 0 Å². The van der Waals surface area contributed by atoms with E-state index < -0.39 is 0 Å². The third-order valence-corrected chi connectivity index (χ3v) is 4.27. The predicted molar refractivity (Wildman–Crippen MR) is 83.9 cm³/mol. The van der Waals surface area contributed by atoms with Crippen molar-refractivity contribution in [2.24, 2.45) is 10.9 Å². The number of thioether (sulfide) groups is 1. The van der Waals surface area contributed by atoms with Gasteiger partial charge in [0.1, 0.15) is 0 Å². The molecule has 98 valence electrons. The molecule has 0 saturated heterocycles. The van der Waals surface area contributed by atoms with Crippen LogP contribution in [0, 0.1) is 5.92 Å². The third kappa shape index (κ3) is 2.73. The topological polar surface area (TPSA) is 37.3 Å². The molecule has 2 heterocycles. The summed E-state index contributed by atoms with van der Waals surface area (Å²) in [6.45, 7) is 4.44. The molecule has 0 saturated carbocycles. The lowest BCUT2D eigenvalue weighted by molar-refractivity contribution is 0.543. The maximum atomic E-state index is 4.70. The van der Waals surface area contributed by atoms with Crippen molar-refractivity contribution in [3.05, 3.63) is 36.5 Å². The van der Waals surface area contributed by atoms with E-state index in [0.29, 0.717) is 12.0 Å². The monoisotopic (exact) mass is 271 g/mol. The van der Waals surface area contributed by atoms with E-state index in [2.05, 4.69) is 36.3 Å². The molecule has 1 N–H and O–H groups in total. The van der Waals surface area contributed by atoms with Crippen LogP contribution in [0.5, 0.6) is 0 Å². The van der Waals surface area contributed by atoms with Gasteiger partial charge in [-0.25, -0.2) is 0 Å². The van der Waals surface area contributed by atoms with E-state index in [0.717, 1.165) is 27.5 Å². The van der Waals surface area contributed by atoms with Crippen LogP contribution < -0.4 is 5.32 Å². The number of nitrogens with zero attached hydrogens (tertiary/aromatic N) is 2. The van der Waals surface area contributed by atoms with Gasteiger partial charge in [-0.1, -0.05) is 43.8 Å². The number of hydrogen-bond donors (Lipinski definition) is 1. The highest BCUT2D eigenvalue weighted by atomic mass is 32.2. The van der Waals surface area contributed by atoms with E-state index in [1.54, 1.807) is 11.8 Å². The van der Waals surface area contributed by atoms with Gasteiger partial charge < -0.3 is 5.32 Å². The molecule has 1 aliphatic rings. The zero-order valence-electron chi connectivity index (χ0n) is 11.1. The molecule has 3 rings (SSSR count). The number of anilines is 1. The highest BCUT2D eigenvalue weighted by Crippen LogP contribution is 2.25. The molecule has 1 aliphatic heterocycles. The Balaban J connectivity index is 1.80. The molecule has 1 aromatic heterocycles. The first kappa shape index (κ1) is 12.5. The van der Waals surface area contributed by atoms with Crippen molar-refractivity contribution in [3.8, 4) is 0 Å². The summed E-state index contributed by atoms with van der Waals surface area (Å²) in [6, 6.07) is 10.7. The Labute approximate surface area is 117 Å². The zero-order valence-corrected chi connectivity index (χ0v) is 11.9. The Bertz CT molecular complexity index is 622. The summed E-state index contributed by atoms with van der Waals surface area (Å²) in [5.74, 6) is 1.67. The second-order valence-electron chi connectivity index (χ2n) is 5.10. The third-order valence-electron chi connectivity index (χ3n) is 3.29. The van der Waals surface area contributed by atoms with E-state index in [-0.39, 0.29) is 0 Å². The van der Waals surface area contributed by atoms with E-state index in [1.807, 2.05) is 24.4 Å². The van der Waals surface area contributed by atoms with Crippen LogP contribution in [-0.4, -0.2) is 21.9 Å². The fourth-order valence-corrected chi connectivity index (χ4v) is 3.25. The van der Waals surface area contributed by atoms with Gasteiger partial charge in [0, 0.05) is 11.1 Å². The van der Waals surface area contributed by atoms with Gasteiger partial charge in [0.2, 0.25) is 0 Å². The molecule has 2 aromatic rings. The molecular weight excluding hydrogens is 254 g/mol. The van der Waals surface area contributed by atoms with Crippen LogP contribution in [0.2, 0.25) is 0 Å². The summed E-state index contributed by atoms with van der Waals surface area (Å²) in [5, 5.41) is 5.53. The number of hydrogen-bond acceptors (Lipinski definition) is 4. The van der Waals surface area contributed by atoms with Crippen LogP contribution >= 0.6 is 11.8 Å². The number of pyridine rings is 1. The smallest absolute Gasteiger partial charge is 0.161 e. The fraction of sp³-hybridized carbons (Fsp3) is 0.333. The van der Waals surface area contributed by atoms with Crippen molar-refractivity contribution in [2.75, 3.05) is 11.1 Å². The molecule has 0 amide bonds. The van der Waals surface area contributed by atoms with Crippen LogP contribution in [0.25, 0.3) is 10.9 Å². The second kappa shape index (κ2) is 5.21. The quantitative estimate of drug-likeness (QED) is 0.903. The van der Waals surface area contributed by atoms with Crippen molar-refractivity contribution in [1.29, 1.82) is 0 Å². The summed E-state index contributed by atoms with van der Waals surface area (Å²) in [7, 11) is 0.